The molecule has 9 aromatic rings. The molecule has 5 heterocycles. The molecule has 0 aliphatic heterocycles. The smallest absolute Gasteiger partial charge is 0.165 e. The number of fused-ring (bicyclic) bond motifs is 2. The van der Waals surface area contributed by atoms with Crippen LogP contribution in [0.4, 0.5) is 22.7 Å². The molecule has 53 heavy (non-hydrogen) atoms. The van der Waals surface area contributed by atoms with Gasteiger partial charge in [0, 0.05) is 34.5 Å². The van der Waals surface area contributed by atoms with Crippen LogP contribution in [0.3, 0.4) is 0 Å². The van der Waals surface area contributed by atoms with E-state index in [-0.39, 0.29) is 0 Å². The molecule has 0 aliphatic carbocycles. The third-order valence-electron chi connectivity index (χ3n) is 8.47. The average Bonchev–Trinajstić information content (AvgIpc) is 4.01. The molecule has 12 heteroatoms. The van der Waals surface area contributed by atoms with Gasteiger partial charge in [0.25, 0.3) is 0 Å². The van der Waals surface area contributed by atoms with Crippen molar-refractivity contribution in [2.45, 2.75) is 0 Å². The molecule has 5 aromatic heterocycles. The number of hydrogen-bond acceptors (Lipinski definition) is 10. The fourth-order valence-corrected chi connectivity index (χ4v) is 7.78. The highest BCUT2D eigenvalue weighted by Crippen LogP contribution is 2.36. The fraction of sp³-hybridized carbons (Fsp3) is 0. The first kappa shape index (κ1) is 33.3. The van der Waals surface area contributed by atoms with Gasteiger partial charge in [-0.2, -0.15) is 10.2 Å². The summed E-state index contributed by atoms with van der Waals surface area (Å²) in [5.74, 6) is 6.38. The minimum atomic E-state index is 0.323. The Morgan fingerprint density at radius 2 is 1.11 bits per heavy atom. The molecule has 9 rings (SSSR count). The van der Waals surface area contributed by atoms with E-state index in [1.54, 1.807) is 17.5 Å². The van der Waals surface area contributed by atoms with E-state index >= 15 is 0 Å². The van der Waals surface area contributed by atoms with Crippen LogP contribution in [-0.2, 0) is 0 Å². The Labute approximate surface area is 312 Å². The first-order valence-corrected chi connectivity index (χ1v) is 18.2. The summed E-state index contributed by atoms with van der Waals surface area (Å²) in [5, 5.41) is 19.5. The van der Waals surface area contributed by atoms with Crippen LogP contribution in [0.5, 0.6) is 0 Å². The van der Waals surface area contributed by atoms with Gasteiger partial charge in [-0.05, 0) is 58.7 Å². The molecule has 0 spiro atoms. The molecule has 0 fully saturated rings. The van der Waals surface area contributed by atoms with Crippen LogP contribution >= 0.6 is 22.7 Å². The number of hydrogen-bond donors (Lipinski definition) is 5. The number of rotatable bonds is 8. The number of nitrogens with two attached hydrogens (primary N) is 2. The lowest BCUT2D eigenvalue weighted by Crippen LogP contribution is -2.13. The Kier molecular flexibility index (Phi) is 9.51. The van der Waals surface area contributed by atoms with E-state index in [9.17, 15) is 0 Å². The average molecular weight is 729 g/mol. The third kappa shape index (κ3) is 7.45. The van der Waals surface area contributed by atoms with Gasteiger partial charge in [-0.1, -0.05) is 84.9 Å². The lowest BCUT2D eigenvalue weighted by Gasteiger charge is -2.08. The van der Waals surface area contributed by atoms with Crippen molar-refractivity contribution in [3.63, 3.8) is 0 Å². The Morgan fingerprint density at radius 3 is 1.62 bits per heavy atom. The maximum atomic E-state index is 5.83. The summed E-state index contributed by atoms with van der Waals surface area (Å²) in [7, 11) is 0. The minimum absolute atomic E-state index is 0.323. The maximum Gasteiger partial charge on any atom is 0.165 e. The Bertz CT molecular complexity index is 2620. The molecule has 0 atom stereocenters. The van der Waals surface area contributed by atoms with Crippen molar-refractivity contribution >= 4 is 71.4 Å². The standard InChI is InChI=1S/C21H15N5S.C20H17N5S/c1-2-4-14(5-3-1)15-6-8-16(9-7-15)25-18-11-22-12-20-17(18)10-19(27-20)21-23-13-24-26-21;21-20(25-22)18-10-16-17(11-23-12-19(16)26-18)24-15-8-6-14(7-9-15)13-4-2-1-3-5-13/h1-13,25H,(H,23,24,26);1-12,24H,22H2,(H2,21,25). The van der Waals surface area contributed by atoms with Crippen molar-refractivity contribution in [1.29, 1.82) is 0 Å². The predicted octanol–water partition coefficient (Wildman–Crippen LogP) is 9.78. The van der Waals surface area contributed by atoms with Crippen molar-refractivity contribution in [3.05, 3.63) is 157 Å². The van der Waals surface area contributed by atoms with E-state index < -0.39 is 0 Å². The van der Waals surface area contributed by atoms with Gasteiger partial charge in [-0.25, -0.2) is 4.98 Å². The number of aromatic nitrogens is 5. The lowest BCUT2D eigenvalue weighted by atomic mass is 10.1. The van der Waals surface area contributed by atoms with Gasteiger partial charge in [0.15, 0.2) is 11.7 Å². The normalized spacial score (nSPS) is 11.3. The largest absolute Gasteiger partial charge is 0.381 e. The van der Waals surface area contributed by atoms with Gasteiger partial charge in [-0.15, -0.1) is 22.7 Å². The minimum Gasteiger partial charge on any atom is -0.381 e. The number of amidine groups is 1. The van der Waals surface area contributed by atoms with Crippen molar-refractivity contribution in [2.75, 3.05) is 10.6 Å². The van der Waals surface area contributed by atoms with Gasteiger partial charge >= 0.3 is 0 Å². The highest BCUT2D eigenvalue weighted by Gasteiger charge is 2.12. The summed E-state index contributed by atoms with van der Waals surface area (Å²) in [4.78, 5) is 14.8. The number of hydrazone groups is 1. The Hall–Kier alpha value is -6.89. The zero-order valence-electron chi connectivity index (χ0n) is 28.1. The van der Waals surface area contributed by atoms with Gasteiger partial charge in [0.2, 0.25) is 0 Å². The van der Waals surface area contributed by atoms with E-state index in [1.165, 1.54) is 39.9 Å². The van der Waals surface area contributed by atoms with E-state index in [4.69, 9.17) is 11.6 Å². The summed E-state index contributed by atoms with van der Waals surface area (Å²) < 4.78 is 2.13. The van der Waals surface area contributed by atoms with Crippen LogP contribution in [0.25, 0.3) is 53.1 Å². The zero-order valence-corrected chi connectivity index (χ0v) is 29.8. The Morgan fingerprint density at radius 1 is 0.604 bits per heavy atom. The zero-order chi connectivity index (χ0) is 36.0. The first-order chi connectivity index (χ1) is 26.1. The lowest BCUT2D eigenvalue weighted by molar-refractivity contribution is 1.10. The first-order valence-electron chi connectivity index (χ1n) is 16.6. The van der Waals surface area contributed by atoms with Gasteiger partial charge in [0.1, 0.15) is 6.33 Å². The van der Waals surface area contributed by atoms with Crippen LogP contribution in [0.1, 0.15) is 4.88 Å². The summed E-state index contributed by atoms with van der Waals surface area (Å²) in [5.41, 5.74) is 14.5. The number of nitrogens with one attached hydrogen (secondary N) is 3. The topological polar surface area (TPSA) is 156 Å². The van der Waals surface area contributed by atoms with Gasteiger partial charge < -0.3 is 22.2 Å². The molecule has 10 nitrogen and oxygen atoms in total. The second kappa shape index (κ2) is 15.2. The van der Waals surface area contributed by atoms with Gasteiger partial charge in [0.05, 0.1) is 42.9 Å². The van der Waals surface area contributed by atoms with E-state index in [0.29, 0.717) is 5.84 Å². The summed E-state index contributed by atoms with van der Waals surface area (Å²) in [6, 6.07) is 41.5. The SMILES string of the molecule is N/N=C(\N)c1cc2c(Nc3ccc(-c4ccccc4)cc3)cncc2s1.c1ccc(-c2ccc(Nc3cncc4sc(-c5ncn[nH]5)cc34)cc2)cc1. The molecule has 0 bridgehead atoms. The highest BCUT2D eigenvalue weighted by molar-refractivity contribution is 7.22. The molecular formula is C41H32N10S2. The molecule has 0 radical (unpaired) electrons. The molecule has 0 saturated carbocycles. The molecule has 258 valence electrons. The number of pyridine rings is 2. The molecule has 0 amide bonds. The van der Waals surface area contributed by atoms with Crippen LogP contribution < -0.4 is 22.2 Å². The third-order valence-corrected chi connectivity index (χ3v) is 10.6. The van der Waals surface area contributed by atoms with E-state index in [0.717, 1.165) is 58.5 Å². The number of benzene rings is 4. The summed E-state index contributed by atoms with van der Waals surface area (Å²) >= 11 is 3.16. The van der Waals surface area contributed by atoms with Crippen molar-refractivity contribution < 1.29 is 0 Å². The van der Waals surface area contributed by atoms with Crippen molar-refractivity contribution in [2.24, 2.45) is 16.7 Å². The highest BCUT2D eigenvalue weighted by atomic mass is 32.1. The van der Waals surface area contributed by atoms with Crippen LogP contribution in [0, 0.1) is 0 Å². The molecule has 7 N–H and O–H groups in total. The van der Waals surface area contributed by atoms with E-state index in [1.807, 2.05) is 48.9 Å². The number of anilines is 4. The van der Waals surface area contributed by atoms with Crippen molar-refractivity contribution in [3.8, 4) is 33.0 Å². The van der Waals surface area contributed by atoms with Crippen molar-refractivity contribution in [1.82, 2.24) is 25.1 Å². The van der Waals surface area contributed by atoms with Crippen LogP contribution in [0.15, 0.2) is 158 Å². The molecular weight excluding hydrogens is 697 g/mol. The van der Waals surface area contributed by atoms with Crippen LogP contribution in [0.2, 0.25) is 0 Å². The number of H-pyrrole nitrogens is 1. The monoisotopic (exact) mass is 728 g/mol. The number of thiophene rings is 2. The number of nitrogens with zero attached hydrogens (tertiary/aromatic N) is 5. The number of aromatic amines is 1. The molecule has 4 aromatic carbocycles. The Balaban J connectivity index is 0.000000151. The second-order valence-electron chi connectivity index (χ2n) is 11.9. The summed E-state index contributed by atoms with van der Waals surface area (Å²) in [6.07, 6.45) is 8.87. The molecule has 0 aliphatic rings. The second-order valence-corrected chi connectivity index (χ2v) is 14.1. The fourth-order valence-electron chi connectivity index (χ4n) is 5.82. The quantitative estimate of drug-likeness (QED) is 0.0448. The van der Waals surface area contributed by atoms with Gasteiger partial charge in [-0.3, -0.25) is 15.1 Å². The molecule has 0 saturated heterocycles. The van der Waals surface area contributed by atoms with Crippen LogP contribution in [-0.4, -0.2) is 31.0 Å². The predicted molar refractivity (Wildman–Crippen MR) is 220 cm³/mol. The molecule has 0 unspecified atom stereocenters. The maximum absolute atomic E-state index is 5.83. The summed E-state index contributed by atoms with van der Waals surface area (Å²) in [6.45, 7) is 0. The van der Waals surface area contributed by atoms with E-state index in [2.05, 4.69) is 132 Å².